The fourth-order valence-electron chi connectivity index (χ4n) is 2.71. The van der Waals surface area contributed by atoms with Gasteiger partial charge in [0.2, 0.25) is 5.91 Å². The van der Waals surface area contributed by atoms with Crippen LogP contribution in [-0.2, 0) is 4.79 Å². The molecule has 1 amide bonds. The standard InChI is InChI=1S/C15H19N3O/c1-12(19)18-9-8-17(11-15(18,2)3)14-6-4-13(10-16)5-7-14/h4-7H,8-9,11H2,1-3H3. The summed E-state index contributed by atoms with van der Waals surface area (Å²) in [4.78, 5) is 15.8. The number of carbonyl (C=O) groups excluding carboxylic acids is 1. The second-order valence-electron chi connectivity index (χ2n) is 5.56. The van der Waals surface area contributed by atoms with Gasteiger partial charge < -0.3 is 9.80 Å². The first-order chi connectivity index (χ1) is 8.94. The van der Waals surface area contributed by atoms with Gasteiger partial charge in [0.25, 0.3) is 0 Å². The molecule has 1 fully saturated rings. The van der Waals surface area contributed by atoms with E-state index < -0.39 is 0 Å². The summed E-state index contributed by atoms with van der Waals surface area (Å²) in [6, 6.07) is 9.73. The third kappa shape index (κ3) is 2.70. The normalized spacial score (nSPS) is 18.0. The van der Waals surface area contributed by atoms with Crippen LogP contribution >= 0.6 is 0 Å². The van der Waals surface area contributed by atoms with Crippen molar-refractivity contribution in [2.45, 2.75) is 26.3 Å². The number of nitrogens with zero attached hydrogens (tertiary/aromatic N) is 3. The van der Waals surface area contributed by atoms with Gasteiger partial charge in [-0.15, -0.1) is 0 Å². The van der Waals surface area contributed by atoms with Crippen LogP contribution in [0.2, 0.25) is 0 Å². The Morgan fingerprint density at radius 2 is 1.89 bits per heavy atom. The van der Waals surface area contributed by atoms with Crippen LogP contribution in [0, 0.1) is 11.3 Å². The summed E-state index contributed by atoms with van der Waals surface area (Å²) in [7, 11) is 0. The molecule has 1 aromatic rings. The molecule has 0 unspecified atom stereocenters. The molecule has 0 N–H and O–H groups in total. The Balaban J connectivity index is 2.16. The highest BCUT2D eigenvalue weighted by atomic mass is 16.2. The van der Waals surface area contributed by atoms with E-state index in [2.05, 4.69) is 24.8 Å². The Bertz CT molecular complexity index is 513. The number of hydrogen-bond donors (Lipinski definition) is 0. The highest BCUT2D eigenvalue weighted by Gasteiger charge is 2.35. The number of hydrogen-bond acceptors (Lipinski definition) is 3. The maximum atomic E-state index is 11.6. The predicted octanol–water partition coefficient (Wildman–Crippen LogP) is 2.01. The summed E-state index contributed by atoms with van der Waals surface area (Å²) >= 11 is 0. The van der Waals surface area contributed by atoms with Crippen LogP contribution < -0.4 is 4.90 Å². The molecule has 1 heterocycles. The van der Waals surface area contributed by atoms with E-state index in [0.29, 0.717) is 5.56 Å². The highest BCUT2D eigenvalue weighted by molar-refractivity contribution is 5.74. The minimum Gasteiger partial charge on any atom is -0.367 e. The lowest BCUT2D eigenvalue weighted by Crippen LogP contribution is -2.60. The molecule has 1 aliphatic heterocycles. The van der Waals surface area contributed by atoms with Gasteiger partial charge in [-0.2, -0.15) is 5.26 Å². The van der Waals surface area contributed by atoms with Crippen LogP contribution in [-0.4, -0.2) is 36.0 Å². The number of anilines is 1. The van der Waals surface area contributed by atoms with Crippen molar-refractivity contribution in [1.82, 2.24) is 4.90 Å². The largest absolute Gasteiger partial charge is 0.367 e. The Hall–Kier alpha value is -2.02. The Labute approximate surface area is 114 Å². The number of piperazine rings is 1. The second kappa shape index (κ2) is 4.93. The molecule has 100 valence electrons. The van der Waals surface area contributed by atoms with E-state index in [-0.39, 0.29) is 11.4 Å². The summed E-state index contributed by atoms with van der Waals surface area (Å²) in [5, 5.41) is 8.81. The molecule has 2 rings (SSSR count). The van der Waals surface area contributed by atoms with E-state index in [1.165, 1.54) is 0 Å². The molecule has 0 saturated carbocycles. The van der Waals surface area contributed by atoms with Crippen LogP contribution in [0.4, 0.5) is 5.69 Å². The fraction of sp³-hybridized carbons (Fsp3) is 0.467. The van der Waals surface area contributed by atoms with Crippen molar-refractivity contribution in [3.8, 4) is 6.07 Å². The monoisotopic (exact) mass is 257 g/mol. The van der Waals surface area contributed by atoms with Gasteiger partial charge >= 0.3 is 0 Å². The van der Waals surface area contributed by atoms with Crippen molar-refractivity contribution in [1.29, 1.82) is 5.26 Å². The van der Waals surface area contributed by atoms with E-state index in [9.17, 15) is 4.79 Å². The van der Waals surface area contributed by atoms with E-state index >= 15 is 0 Å². The van der Waals surface area contributed by atoms with Gasteiger partial charge in [-0.25, -0.2) is 0 Å². The number of nitriles is 1. The first-order valence-corrected chi connectivity index (χ1v) is 6.47. The highest BCUT2D eigenvalue weighted by Crippen LogP contribution is 2.25. The average molecular weight is 257 g/mol. The van der Waals surface area contributed by atoms with E-state index in [1.54, 1.807) is 6.92 Å². The van der Waals surface area contributed by atoms with E-state index in [1.807, 2.05) is 29.2 Å². The lowest BCUT2D eigenvalue weighted by atomic mass is 9.98. The molecule has 0 aromatic heterocycles. The van der Waals surface area contributed by atoms with Crippen LogP contribution in [0.1, 0.15) is 26.3 Å². The van der Waals surface area contributed by atoms with Crippen molar-refractivity contribution in [3.63, 3.8) is 0 Å². The number of carbonyl (C=O) groups is 1. The zero-order valence-electron chi connectivity index (χ0n) is 11.7. The average Bonchev–Trinajstić information content (AvgIpc) is 2.37. The van der Waals surface area contributed by atoms with Crippen molar-refractivity contribution >= 4 is 11.6 Å². The smallest absolute Gasteiger partial charge is 0.220 e. The summed E-state index contributed by atoms with van der Waals surface area (Å²) < 4.78 is 0. The Morgan fingerprint density at radius 1 is 1.26 bits per heavy atom. The molecule has 1 aromatic carbocycles. The van der Waals surface area contributed by atoms with Crippen molar-refractivity contribution in [2.75, 3.05) is 24.5 Å². The SMILES string of the molecule is CC(=O)N1CCN(c2ccc(C#N)cc2)CC1(C)C. The number of amides is 1. The first kappa shape index (κ1) is 13.4. The van der Waals surface area contributed by atoms with Gasteiger partial charge in [-0.05, 0) is 38.1 Å². The minimum absolute atomic E-state index is 0.129. The molecule has 0 bridgehead atoms. The third-order valence-corrected chi connectivity index (χ3v) is 3.64. The van der Waals surface area contributed by atoms with Gasteiger partial charge in [0.05, 0.1) is 17.2 Å². The molecular formula is C15H19N3O. The molecule has 0 radical (unpaired) electrons. The molecule has 1 saturated heterocycles. The first-order valence-electron chi connectivity index (χ1n) is 6.47. The summed E-state index contributed by atoms with van der Waals surface area (Å²) in [6.07, 6.45) is 0. The van der Waals surface area contributed by atoms with Crippen molar-refractivity contribution in [2.24, 2.45) is 0 Å². The summed E-state index contributed by atoms with van der Waals surface area (Å²) in [5.41, 5.74) is 1.61. The zero-order valence-corrected chi connectivity index (χ0v) is 11.7. The predicted molar refractivity (Wildman–Crippen MR) is 74.8 cm³/mol. The molecule has 0 aliphatic carbocycles. The van der Waals surface area contributed by atoms with Crippen LogP contribution in [0.15, 0.2) is 24.3 Å². The lowest BCUT2D eigenvalue weighted by molar-refractivity contribution is -0.134. The second-order valence-corrected chi connectivity index (χ2v) is 5.56. The number of rotatable bonds is 1. The van der Waals surface area contributed by atoms with Gasteiger partial charge in [0.1, 0.15) is 0 Å². The maximum absolute atomic E-state index is 11.6. The summed E-state index contributed by atoms with van der Waals surface area (Å²) in [6.45, 7) is 8.17. The topological polar surface area (TPSA) is 47.3 Å². The third-order valence-electron chi connectivity index (χ3n) is 3.64. The molecule has 4 nitrogen and oxygen atoms in total. The molecule has 1 aliphatic rings. The van der Waals surface area contributed by atoms with Gasteiger partial charge in [-0.3, -0.25) is 4.79 Å². The van der Waals surface area contributed by atoms with Crippen LogP contribution in [0.25, 0.3) is 0 Å². The van der Waals surface area contributed by atoms with Crippen LogP contribution in [0.5, 0.6) is 0 Å². The Morgan fingerprint density at radius 3 is 2.37 bits per heavy atom. The summed E-state index contributed by atoms with van der Waals surface area (Å²) in [5.74, 6) is 0.129. The Kier molecular flexibility index (Phi) is 3.48. The van der Waals surface area contributed by atoms with Crippen LogP contribution in [0.3, 0.4) is 0 Å². The molecule has 0 atom stereocenters. The van der Waals surface area contributed by atoms with Gasteiger partial charge in [-0.1, -0.05) is 0 Å². The van der Waals surface area contributed by atoms with Gasteiger partial charge in [0.15, 0.2) is 0 Å². The van der Waals surface area contributed by atoms with Crippen molar-refractivity contribution in [3.05, 3.63) is 29.8 Å². The minimum atomic E-state index is -0.169. The lowest BCUT2D eigenvalue weighted by Gasteiger charge is -2.47. The molecule has 0 spiro atoms. The molecule has 19 heavy (non-hydrogen) atoms. The van der Waals surface area contributed by atoms with Crippen molar-refractivity contribution < 1.29 is 4.79 Å². The quantitative estimate of drug-likeness (QED) is 0.773. The zero-order chi connectivity index (χ0) is 14.0. The molecule has 4 heteroatoms. The van der Waals surface area contributed by atoms with Gasteiger partial charge in [0, 0.05) is 32.2 Å². The fourth-order valence-corrected chi connectivity index (χ4v) is 2.71. The maximum Gasteiger partial charge on any atom is 0.220 e. The number of benzene rings is 1. The van der Waals surface area contributed by atoms with E-state index in [0.717, 1.165) is 25.3 Å². The molecular weight excluding hydrogens is 238 g/mol. The van der Waals surface area contributed by atoms with E-state index in [4.69, 9.17) is 5.26 Å².